The van der Waals surface area contributed by atoms with Crippen molar-refractivity contribution in [3.8, 4) is 0 Å². The van der Waals surface area contributed by atoms with E-state index in [1.807, 2.05) is 6.07 Å². The zero-order valence-corrected chi connectivity index (χ0v) is 11.9. The van der Waals surface area contributed by atoms with E-state index in [0.29, 0.717) is 17.9 Å². The average molecular weight is 288 g/mol. The number of carboxylic acid groups (broad SMARTS) is 1. The molecule has 0 spiro atoms. The van der Waals surface area contributed by atoms with Gasteiger partial charge in [0.25, 0.3) is 0 Å². The van der Waals surface area contributed by atoms with E-state index in [9.17, 15) is 9.90 Å². The molecule has 6 nitrogen and oxygen atoms in total. The molecule has 0 bridgehead atoms. The number of carbonyl (C=O) groups is 1. The van der Waals surface area contributed by atoms with Gasteiger partial charge in [-0.25, -0.2) is 9.97 Å². The van der Waals surface area contributed by atoms with E-state index < -0.39 is 5.97 Å². The molecule has 0 amide bonds. The van der Waals surface area contributed by atoms with Crippen molar-refractivity contribution in [2.45, 2.75) is 44.9 Å². The summed E-state index contributed by atoms with van der Waals surface area (Å²) in [6, 6.07) is 3.59. The van der Waals surface area contributed by atoms with Crippen LogP contribution in [0.5, 0.6) is 0 Å². The number of nitrogens with zero attached hydrogens (tertiary/aromatic N) is 2. The number of nitrogen functional groups attached to an aromatic ring is 1. The van der Waals surface area contributed by atoms with Crippen molar-refractivity contribution in [1.29, 1.82) is 0 Å². The monoisotopic (exact) mass is 288 g/mol. The normalized spacial score (nSPS) is 17.9. The Morgan fingerprint density at radius 2 is 2.05 bits per heavy atom. The second-order valence-electron chi connectivity index (χ2n) is 6.10. The summed E-state index contributed by atoms with van der Waals surface area (Å²) >= 11 is 0. The molecule has 0 radical (unpaired) electrons. The standard InChI is InChI=1S/C15H20N4O2/c16-11-5-4-10-14(18-11)19-12(17-10)8-15(9-13(20)21)6-2-1-3-7-15/h4-5H,1-3,6-9H2,(H,20,21)(H3,16,17,18,19). The lowest BCUT2D eigenvalue weighted by molar-refractivity contribution is -0.140. The number of aliphatic carboxylic acids is 1. The predicted octanol–water partition coefficient (Wildman–Crippen LogP) is 2.51. The summed E-state index contributed by atoms with van der Waals surface area (Å²) in [7, 11) is 0. The van der Waals surface area contributed by atoms with Crippen LogP contribution in [0.3, 0.4) is 0 Å². The number of hydrogen-bond donors (Lipinski definition) is 3. The lowest BCUT2D eigenvalue weighted by atomic mass is 9.69. The van der Waals surface area contributed by atoms with Crippen LogP contribution >= 0.6 is 0 Å². The molecule has 3 rings (SSSR count). The second-order valence-corrected chi connectivity index (χ2v) is 6.10. The first-order valence-corrected chi connectivity index (χ1v) is 7.39. The third-order valence-corrected chi connectivity index (χ3v) is 4.40. The number of pyridine rings is 1. The van der Waals surface area contributed by atoms with Crippen molar-refractivity contribution in [2.75, 3.05) is 5.73 Å². The van der Waals surface area contributed by atoms with Gasteiger partial charge in [0.2, 0.25) is 0 Å². The number of carboxylic acids is 1. The number of aromatic nitrogens is 3. The highest BCUT2D eigenvalue weighted by molar-refractivity contribution is 5.72. The molecule has 1 aliphatic carbocycles. The lowest BCUT2D eigenvalue weighted by Gasteiger charge is -2.35. The maximum atomic E-state index is 11.2. The lowest BCUT2D eigenvalue weighted by Crippen LogP contribution is -2.30. The number of fused-ring (bicyclic) bond motifs is 1. The Hall–Kier alpha value is -2.11. The van der Waals surface area contributed by atoms with Crippen LogP contribution in [0.2, 0.25) is 0 Å². The largest absolute Gasteiger partial charge is 0.481 e. The summed E-state index contributed by atoms with van der Waals surface area (Å²) in [6.07, 6.45) is 6.16. The van der Waals surface area contributed by atoms with Gasteiger partial charge < -0.3 is 15.8 Å². The molecule has 4 N–H and O–H groups in total. The first-order chi connectivity index (χ1) is 10.1. The van der Waals surface area contributed by atoms with Crippen molar-refractivity contribution in [3.05, 3.63) is 18.0 Å². The number of nitrogens with one attached hydrogen (secondary N) is 1. The number of aromatic amines is 1. The Kier molecular flexibility index (Phi) is 3.53. The molecule has 0 atom stereocenters. The minimum Gasteiger partial charge on any atom is -0.481 e. The van der Waals surface area contributed by atoms with Crippen LogP contribution in [0, 0.1) is 5.41 Å². The fourth-order valence-electron chi connectivity index (χ4n) is 3.43. The minimum absolute atomic E-state index is 0.177. The molecule has 0 aliphatic heterocycles. The number of imidazole rings is 1. The van der Waals surface area contributed by atoms with E-state index in [-0.39, 0.29) is 11.8 Å². The van der Waals surface area contributed by atoms with Gasteiger partial charge in [0.05, 0.1) is 11.9 Å². The Bertz CT molecular complexity index is 659. The van der Waals surface area contributed by atoms with Crippen LogP contribution in [-0.4, -0.2) is 26.0 Å². The zero-order valence-electron chi connectivity index (χ0n) is 11.9. The molecule has 2 heterocycles. The molecule has 112 valence electrons. The van der Waals surface area contributed by atoms with Crippen molar-refractivity contribution < 1.29 is 9.90 Å². The Balaban J connectivity index is 1.88. The van der Waals surface area contributed by atoms with Crippen LogP contribution < -0.4 is 5.73 Å². The molecule has 6 heteroatoms. The van der Waals surface area contributed by atoms with Crippen molar-refractivity contribution in [1.82, 2.24) is 15.0 Å². The van der Waals surface area contributed by atoms with Gasteiger partial charge in [-0.1, -0.05) is 19.3 Å². The molecule has 0 unspecified atom stereocenters. The van der Waals surface area contributed by atoms with Crippen LogP contribution in [-0.2, 0) is 11.2 Å². The van der Waals surface area contributed by atoms with E-state index >= 15 is 0 Å². The SMILES string of the molecule is Nc1ccc2[nH]c(CC3(CC(=O)O)CCCCC3)nc2n1. The zero-order chi connectivity index (χ0) is 14.9. The number of nitrogens with two attached hydrogens (primary N) is 1. The summed E-state index contributed by atoms with van der Waals surface area (Å²) in [5.74, 6) is 0.528. The van der Waals surface area contributed by atoms with E-state index in [4.69, 9.17) is 5.73 Å². The minimum atomic E-state index is -0.726. The highest BCUT2D eigenvalue weighted by atomic mass is 16.4. The summed E-state index contributed by atoms with van der Waals surface area (Å²) in [5, 5.41) is 9.23. The maximum Gasteiger partial charge on any atom is 0.303 e. The molecule has 0 saturated heterocycles. The fraction of sp³-hybridized carbons (Fsp3) is 0.533. The van der Waals surface area contributed by atoms with E-state index in [0.717, 1.165) is 37.0 Å². The first-order valence-electron chi connectivity index (χ1n) is 7.39. The highest BCUT2D eigenvalue weighted by Gasteiger charge is 2.35. The smallest absolute Gasteiger partial charge is 0.303 e. The Morgan fingerprint density at radius 1 is 1.29 bits per heavy atom. The molecule has 1 fully saturated rings. The number of rotatable bonds is 4. The van der Waals surface area contributed by atoms with Gasteiger partial charge in [-0.2, -0.15) is 0 Å². The van der Waals surface area contributed by atoms with Gasteiger partial charge in [-0.05, 0) is 30.4 Å². The molecular formula is C15H20N4O2. The van der Waals surface area contributed by atoms with E-state index in [2.05, 4.69) is 15.0 Å². The summed E-state index contributed by atoms with van der Waals surface area (Å²) in [5.41, 5.74) is 6.94. The number of H-pyrrole nitrogens is 1. The first kappa shape index (κ1) is 13.9. The topological polar surface area (TPSA) is 105 Å². The van der Waals surface area contributed by atoms with E-state index in [1.165, 1.54) is 6.42 Å². The molecular weight excluding hydrogens is 268 g/mol. The maximum absolute atomic E-state index is 11.2. The van der Waals surface area contributed by atoms with Gasteiger partial charge in [-0.15, -0.1) is 0 Å². The highest BCUT2D eigenvalue weighted by Crippen LogP contribution is 2.41. The fourth-order valence-corrected chi connectivity index (χ4v) is 3.43. The molecule has 1 aliphatic rings. The summed E-state index contributed by atoms with van der Waals surface area (Å²) < 4.78 is 0. The van der Waals surface area contributed by atoms with Crippen LogP contribution in [0.4, 0.5) is 5.82 Å². The van der Waals surface area contributed by atoms with Crippen LogP contribution in [0.1, 0.15) is 44.3 Å². The van der Waals surface area contributed by atoms with E-state index in [1.54, 1.807) is 6.07 Å². The molecule has 2 aromatic heterocycles. The van der Waals surface area contributed by atoms with Gasteiger partial charge in [0.1, 0.15) is 11.6 Å². The van der Waals surface area contributed by atoms with Gasteiger partial charge in [0.15, 0.2) is 5.65 Å². The quantitative estimate of drug-likeness (QED) is 0.801. The number of anilines is 1. The van der Waals surface area contributed by atoms with Gasteiger partial charge in [-0.3, -0.25) is 4.79 Å². The Labute approximate surface area is 122 Å². The van der Waals surface area contributed by atoms with Crippen molar-refractivity contribution >= 4 is 23.0 Å². The summed E-state index contributed by atoms with van der Waals surface area (Å²) in [6.45, 7) is 0. The number of hydrogen-bond acceptors (Lipinski definition) is 4. The molecule has 21 heavy (non-hydrogen) atoms. The third kappa shape index (κ3) is 2.99. The van der Waals surface area contributed by atoms with Crippen molar-refractivity contribution in [3.63, 3.8) is 0 Å². The Morgan fingerprint density at radius 3 is 2.76 bits per heavy atom. The predicted molar refractivity (Wildman–Crippen MR) is 79.8 cm³/mol. The summed E-state index contributed by atoms with van der Waals surface area (Å²) in [4.78, 5) is 23.1. The van der Waals surface area contributed by atoms with Gasteiger partial charge in [0, 0.05) is 6.42 Å². The van der Waals surface area contributed by atoms with Crippen molar-refractivity contribution in [2.24, 2.45) is 5.41 Å². The molecule has 1 saturated carbocycles. The second kappa shape index (κ2) is 5.35. The molecule has 0 aromatic carbocycles. The third-order valence-electron chi connectivity index (χ3n) is 4.40. The van der Waals surface area contributed by atoms with Crippen LogP contribution in [0.25, 0.3) is 11.2 Å². The van der Waals surface area contributed by atoms with Crippen LogP contribution in [0.15, 0.2) is 12.1 Å². The molecule has 2 aromatic rings. The van der Waals surface area contributed by atoms with Gasteiger partial charge >= 0.3 is 5.97 Å². The average Bonchev–Trinajstić information content (AvgIpc) is 2.79.